The summed E-state index contributed by atoms with van der Waals surface area (Å²) in [7, 11) is -3.18. The molecule has 2 aromatic carbocycles. The zero-order valence-electron chi connectivity index (χ0n) is 24.4. The fraction of sp³-hybridized carbons (Fsp3) is 0.467. The molecule has 232 valence electrons. The number of piperazine rings is 1. The molecule has 3 aromatic rings. The largest absolute Gasteiger partial charge is 0.489 e. The van der Waals surface area contributed by atoms with E-state index in [1.54, 1.807) is 0 Å². The fourth-order valence-electron chi connectivity index (χ4n) is 5.31. The molecule has 1 aliphatic heterocycles. The van der Waals surface area contributed by atoms with E-state index < -0.39 is 10.0 Å². The highest BCUT2D eigenvalue weighted by molar-refractivity contribution is 7.88. The molecule has 0 amide bonds. The number of rotatable bonds is 14. The summed E-state index contributed by atoms with van der Waals surface area (Å²) in [5, 5.41) is 0.711. The Labute approximate surface area is 258 Å². The van der Waals surface area contributed by atoms with Gasteiger partial charge in [-0.3, -0.25) is 4.90 Å². The van der Waals surface area contributed by atoms with Gasteiger partial charge in [-0.2, -0.15) is 4.98 Å². The second kappa shape index (κ2) is 14.7. The van der Waals surface area contributed by atoms with E-state index in [0.29, 0.717) is 38.1 Å². The standard InChI is InChI=1S/C30H39ClN6O5S/c1-43(38,39)33-10-16-40-18-19-41-17-15-36-11-13-37(14-12-36)29-27-8-4-23-20-25(42-21-22-2-5-24(31)6-3-22)7-9-26(23)28(27)34-30(32)35-29/h2-3,5-7,9,20,33H,4,8,10-19,21H2,1H3,(H2,32,34,35). The van der Waals surface area contributed by atoms with Crippen LogP contribution in [0.4, 0.5) is 11.8 Å². The third kappa shape index (κ3) is 9.01. The maximum absolute atomic E-state index is 11.0. The number of aromatic nitrogens is 2. The minimum Gasteiger partial charge on any atom is -0.489 e. The van der Waals surface area contributed by atoms with E-state index in [1.165, 1.54) is 5.56 Å². The number of halogens is 1. The second-order valence-corrected chi connectivity index (χ2v) is 13.0. The number of fused-ring (bicyclic) bond motifs is 3. The maximum atomic E-state index is 11.0. The van der Waals surface area contributed by atoms with E-state index in [-0.39, 0.29) is 12.5 Å². The SMILES string of the molecule is CS(=O)(=O)NCCOCCOCCN1CCN(c2nc(N)nc3c2CCc2cc(OCc4ccc(Cl)cc4)ccc2-3)CC1. The maximum Gasteiger partial charge on any atom is 0.222 e. The fourth-order valence-corrected chi connectivity index (χ4v) is 5.89. The number of ether oxygens (including phenoxy) is 3. The predicted molar refractivity (Wildman–Crippen MR) is 168 cm³/mol. The molecule has 43 heavy (non-hydrogen) atoms. The summed E-state index contributed by atoms with van der Waals surface area (Å²) < 4.78 is 41.6. The van der Waals surface area contributed by atoms with Crippen molar-refractivity contribution in [2.24, 2.45) is 0 Å². The van der Waals surface area contributed by atoms with Gasteiger partial charge >= 0.3 is 0 Å². The molecule has 11 nitrogen and oxygen atoms in total. The lowest BCUT2D eigenvalue weighted by molar-refractivity contribution is 0.0399. The number of hydrogen-bond acceptors (Lipinski definition) is 10. The third-order valence-electron chi connectivity index (χ3n) is 7.50. The van der Waals surface area contributed by atoms with Crippen LogP contribution in [0.5, 0.6) is 5.75 Å². The van der Waals surface area contributed by atoms with Crippen LogP contribution < -0.4 is 20.1 Å². The first-order chi connectivity index (χ1) is 20.7. The van der Waals surface area contributed by atoms with Gasteiger partial charge in [-0.15, -0.1) is 0 Å². The molecule has 1 fully saturated rings. The molecule has 2 aliphatic rings. The number of sulfonamides is 1. The Morgan fingerprint density at radius 2 is 1.70 bits per heavy atom. The molecule has 1 aliphatic carbocycles. The molecule has 1 saturated heterocycles. The van der Waals surface area contributed by atoms with Crippen molar-refractivity contribution in [2.45, 2.75) is 19.4 Å². The number of nitrogens with one attached hydrogen (secondary N) is 1. The van der Waals surface area contributed by atoms with Gasteiger partial charge in [0.2, 0.25) is 16.0 Å². The number of nitrogen functional groups attached to an aromatic ring is 1. The van der Waals surface area contributed by atoms with Crippen molar-refractivity contribution in [3.8, 4) is 17.0 Å². The van der Waals surface area contributed by atoms with Crippen LogP contribution in [0, 0.1) is 0 Å². The van der Waals surface area contributed by atoms with Crippen LogP contribution in [-0.2, 0) is 38.9 Å². The molecule has 0 unspecified atom stereocenters. The highest BCUT2D eigenvalue weighted by Crippen LogP contribution is 2.38. The Morgan fingerprint density at radius 3 is 2.44 bits per heavy atom. The highest BCUT2D eigenvalue weighted by Gasteiger charge is 2.27. The normalized spacial score (nSPS) is 15.3. The smallest absolute Gasteiger partial charge is 0.222 e. The lowest BCUT2D eigenvalue weighted by Crippen LogP contribution is -2.48. The molecular weight excluding hydrogens is 592 g/mol. The summed E-state index contributed by atoms with van der Waals surface area (Å²) in [5.41, 5.74) is 11.6. The van der Waals surface area contributed by atoms with Gasteiger partial charge in [0, 0.05) is 55.4 Å². The summed E-state index contributed by atoms with van der Waals surface area (Å²) in [5.74, 6) is 2.05. The monoisotopic (exact) mass is 630 g/mol. The van der Waals surface area contributed by atoms with Crippen molar-refractivity contribution in [2.75, 3.05) is 82.6 Å². The van der Waals surface area contributed by atoms with E-state index >= 15 is 0 Å². The van der Waals surface area contributed by atoms with Crippen molar-refractivity contribution in [3.63, 3.8) is 0 Å². The molecule has 0 spiro atoms. The topological polar surface area (TPSA) is 132 Å². The van der Waals surface area contributed by atoms with Crippen molar-refractivity contribution < 1.29 is 22.6 Å². The van der Waals surface area contributed by atoms with E-state index in [1.807, 2.05) is 30.3 Å². The van der Waals surface area contributed by atoms with Gasteiger partial charge in [-0.1, -0.05) is 23.7 Å². The van der Waals surface area contributed by atoms with Crippen molar-refractivity contribution in [1.29, 1.82) is 0 Å². The number of nitrogens with two attached hydrogens (primary N) is 1. The Balaban J connectivity index is 1.10. The molecule has 0 radical (unpaired) electrons. The van der Waals surface area contributed by atoms with Crippen molar-refractivity contribution in [1.82, 2.24) is 19.6 Å². The molecule has 0 bridgehead atoms. The van der Waals surface area contributed by atoms with Gasteiger partial charge in [0.05, 0.1) is 38.4 Å². The summed E-state index contributed by atoms with van der Waals surface area (Å²) in [6, 6.07) is 13.9. The van der Waals surface area contributed by atoms with Gasteiger partial charge < -0.3 is 24.8 Å². The molecule has 1 aromatic heterocycles. The third-order valence-corrected chi connectivity index (χ3v) is 8.48. The van der Waals surface area contributed by atoms with E-state index in [2.05, 4.69) is 36.6 Å². The van der Waals surface area contributed by atoms with Crippen LogP contribution >= 0.6 is 11.6 Å². The van der Waals surface area contributed by atoms with Crippen LogP contribution in [0.3, 0.4) is 0 Å². The number of nitrogens with zero attached hydrogens (tertiary/aromatic N) is 4. The summed E-state index contributed by atoms with van der Waals surface area (Å²) in [6.07, 6.45) is 2.86. The Hall–Kier alpha value is -3.00. The van der Waals surface area contributed by atoms with Crippen LogP contribution in [0.25, 0.3) is 11.3 Å². The van der Waals surface area contributed by atoms with E-state index in [0.717, 1.165) is 85.8 Å². The summed E-state index contributed by atoms with van der Waals surface area (Å²) in [6.45, 7) is 6.93. The quantitative estimate of drug-likeness (QED) is 0.256. The summed E-state index contributed by atoms with van der Waals surface area (Å²) in [4.78, 5) is 14.1. The zero-order chi connectivity index (χ0) is 30.2. The van der Waals surface area contributed by atoms with Gasteiger partial charge in [0.25, 0.3) is 0 Å². The average molecular weight is 631 g/mol. The first-order valence-corrected chi connectivity index (χ1v) is 16.8. The van der Waals surface area contributed by atoms with Gasteiger partial charge in [0.15, 0.2) is 0 Å². The summed E-state index contributed by atoms with van der Waals surface area (Å²) >= 11 is 5.99. The van der Waals surface area contributed by atoms with Crippen molar-refractivity contribution >= 4 is 33.4 Å². The average Bonchev–Trinajstić information content (AvgIpc) is 2.99. The molecule has 0 saturated carbocycles. The first-order valence-electron chi connectivity index (χ1n) is 14.5. The molecule has 3 N–H and O–H groups in total. The molecule has 5 rings (SSSR count). The predicted octanol–water partition coefficient (Wildman–Crippen LogP) is 2.76. The lowest BCUT2D eigenvalue weighted by atomic mass is 9.88. The van der Waals surface area contributed by atoms with Crippen LogP contribution in [0.15, 0.2) is 42.5 Å². The van der Waals surface area contributed by atoms with Gasteiger partial charge in [-0.25, -0.2) is 18.1 Å². The van der Waals surface area contributed by atoms with Crippen LogP contribution in [0.1, 0.15) is 16.7 Å². The molecular formula is C30H39ClN6O5S. The number of benzene rings is 2. The minimum atomic E-state index is -3.18. The Morgan fingerprint density at radius 1 is 0.953 bits per heavy atom. The Kier molecular flexibility index (Phi) is 10.7. The molecule has 0 atom stereocenters. The van der Waals surface area contributed by atoms with Crippen LogP contribution in [0.2, 0.25) is 5.02 Å². The van der Waals surface area contributed by atoms with Gasteiger partial charge in [-0.05, 0) is 54.3 Å². The number of aryl methyl sites for hydroxylation is 1. The Bertz CT molecular complexity index is 1480. The minimum absolute atomic E-state index is 0.262. The number of hydrogen-bond donors (Lipinski definition) is 2. The highest BCUT2D eigenvalue weighted by atomic mass is 35.5. The van der Waals surface area contributed by atoms with Gasteiger partial charge in [0.1, 0.15) is 18.2 Å². The van der Waals surface area contributed by atoms with Crippen LogP contribution in [-0.4, -0.2) is 95.2 Å². The van der Waals surface area contributed by atoms with E-state index in [9.17, 15) is 8.42 Å². The van der Waals surface area contributed by atoms with E-state index in [4.69, 9.17) is 31.5 Å². The first kappa shape index (κ1) is 31.4. The second-order valence-electron chi connectivity index (χ2n) is 10.7. The molecule has 2 heterocycles. The molecule has 13 heteroatoms. The lowest BCUT2D eigenvalue weighted by Gasteiger charge is -2.37. The number of anilines is 2. The zero-order valence-corrected chi connectivity index (χ0v) is 26.0. The van der Waals surface area contributed by atoms with Crippen molar-refractivity contribution in [3.05, 3.63) is 64.2 Å².